The summed E-state index contributed by atoms with van der Waals surface area (Å²) in [6.07, 6.45) is 1.17. The van der Waals surface area contributed by atoms with Crippen molar-refractivity contribution in [3.8, 4) is 0 Å². The van der Waals surface area contributed by atoms with Gasteiger partial charge in [0.05, 0.1) is 46.7 Å². The van der Waals surface area contributed by atoms with Crippen molar-refractivity contribution in [2.45, 2.75) is 77.2 Å². The summed E-state index contributed by atoms with van der Waals surface area (Å²) >= 11 is 0. The van der Waals surface area contributed by atoms with E-state index in [-0.39, 0.29) is 155 Å². The summed E-state index contributed by atoms with van der Waals surface area (Å²) in [5.74, 6) is -2.77. The molecule has 0 aromatic rings. The fourth-order valence-corrected chi connectivity index (χ4v) is 2.91. The second kappa shape index (κ2) is 29.9. The van der Waals surface area contributed by atoms with Gasteiger partial charge in [0.25, 0.3) is 0 Å². The summed E-state index contributed by atoms with van der Waals surface area (Å²) in [6.45, 7) is 12.3. The van der Waals surface area contributed by atoms with Crippen LogP contribution >= 0.6 is 0 Å². The van der Waals surface area contributed by atoms with Crippen LogP contribution in [0, 0.1) is 28.7 Å². The quantitative estimate of drug-likeness (QED) is 0.158. The predicted octanol–water partition coefficient (Wildman–Crippen LogP) is 2.51. The topological polar surface area (TPSA) is 105 Å². The van der Waals surface area contributed by atoms with Crippen LogP contribution in [0.3, 0.4) is 0 Å². The SMILES string of the molecule is [B]CC.[B]COC(CC(C)=O)(CC(=O)C[CH2-])OC[B].[CH2-]CC(=O)CC1(CC(C)=O)OCCO1.[CH3-].[CH3-].[Y].[Y]. The van der Waals surface area contributed by atoms with Crippen LogP contribution in [0.15, 0.2) is 0 Å². The molecule has 1 heterocycles. The maximum atomic E-state index is 11.3. The number of rotatable bonds is 14. The average Bonchev–Trinajstić information content (AvgIpc) is 3.15. The third-order valence-corrected chi connectivity index (χ3v) is 4.03. The molecule has 8 nitrogen and oxygen atoms in total. The van der Waals surface area contributed by atoms with E-state index >= 15 is 0 Å². The van der Waals surface area contributed by atoms with Gasteiger partial charge >= 0.3 is 0 Å². The van der Waals surface area contributed by atoms with E-state index in [0.29, 0.717) is 13.2 Å². The van der Waals surface area contributed by atoms with Crippen molar-refractivity contribution in [2.75, 3.05) is 26.2 Å². The van der Waals surface area contributed by atoms with Gasteiger partial charge < -0.3 is 57.2 Å². The predicted molar refractivity (Wildman–Crippen MR) is 140 cm³/mol. The molecule has 0 atom stereocenters. The molecule has 0 spiro atoms. The molecule has 0 N–H and O–H groups in total. The summed E-state index contributed by atoms with van der Waals surface area (Å²) in [6, 6.07) is 0. The molecule has 0 aromatic heterocycles. The molecule has 204 valence electrons. The van der Waals surface area contributed by atoms with E-state index in [0.717, 1.165) is 6.32 Å². The average molecular weight is 668 g/mol. The minimum Gasteiger partial charge on any atom is -0.359 e. The first-order valence-electron chi connectivity index (χ1n) is 10.8. The van der Waals surface area contributed by atoms with Crippen molar-refractivity contribution >= 4 is 46.7 Å². The molecule has 1 aliphatic rings. The molecule has 13 heteroatoms. The molecule has 1 saturated heterocycles. The molecule has 0 aromatic carbocycles. The van der Waals surface area contributed by atoms with Crippen LogP contribution in [0.2, 0.25) is 6.32 Å². The molecule has 1 aliphatic heterocycles. The van der Waals surface area contributed by atoms with Gasteiger partial charge in [0, 0.05) is 78.4 Å². The molecule has 0 bridgehead atoms. The van der Waals surface area contributed by atoms with Gasteiger partial charge in [-0.25, -0.2) is 0 Å². The molecular weight excluding hydrogens is 627 g/mol. The third-order valence-electron chi connectivity index (χ3n) is 4.03. The Labute approximate surface area is 279 Å². The smallest absolute Gasteiger partial charge is 0.182 e. The summed E-state index contributed by atoms with van der Waals surface area (Å²) in [7, 11) is 15.4. The zero-order chi connectivity index (χ0) is 25.9. The van der Waals surface area contributed by atoms with Crippen molar-refractivity contribution in [2.24, 2.45) is 0 Å². The van der Waals surface area contributed by atoms with Gasteiger partial charge in [-0.1, -0.05) is 13.2 Å². The Bertz CT molecular complexity index is 599. The van der Waals surface area contributed by atoms with Crippen LogP contribution in [0.5, 0.6) is 0 Å². The first-order chi connectivity index (χ1) is 15.5. The molecule has 0 unspecified atom stereocenters. The van der Waals surface area contributed by atoms with Crippen molar-refractivity contribution in [3.63, 3.8) is 0 Å². The summed E-state index contributed by atoms with van der Waals surface area (Å²) in [5.41, 5.74) is 0. The first kappa shape index (κ1) is 50.7. The molecule has 37 heavy (non-hydrogen) atoms. The largest absolute Gasteiger partial charge is 0.359 e. The zero-order valence-electron chi connectivity index (χ0n) is 23.3. The number of ether oxygens (including phenoxy) is 4. The van der Waals surface area contributed by atoms with Gasteiger partial charge in [-0.3, -0.25) is 9.59 Å². The number of hydrogen-bond acceptors (Lipinski definition) is 8. The van der Waals surface area contributed by atoms with Crippen molar-refractivity contribution in [1.29, 1.82) is 0 Å². The molecular formula is C24H41B3O8Y2-4. The Kier molecular flexibility index (Phi) is 41.0. The van der Waals surface area contributed by atoms with Crippen LogP contribution in [-0.4, -0.2) is 84.5 Å². The van der Waals surface area contributed by atoms with Gasteiger partial charge in [-0.05, 0) is 13.8 Å². The minimum atomic E-state index is -1.34. The van der Waals surface area contributed by atoms with Crippen molar-refractivity contribution < 1.29 is 104 Å². The number of hydrogen-bond donors (Lipinski definition) is 0. The van der Waals surface area contributed by atoms with Crippen LogP contribution in [0.4, 0.5) is 0 Å². The summed E-state index contributed by atoms with van der Waals surface area (Å²) < 4.78 is 21.0. The molecule has 1 fully saturated rings. The number of carbonyl (C=O) groups is 4. The first-order valence-corrected chi connectivity index (χ1v) is 10.8. The second-order valence-corrected chi connectivity index (χ2v) is 7.24. The Morgan fingerprint density at radius 2 is 1.22 bits per heavy atom. The number of ketones is 4. The molecule has 0 amide bonds. The molecule has 8 radical (unpaired) electrons. The Balaban J connectivity index is -0.000000107. The molecule has 1 rings (SSSR count). The molecule has 0 saturated carbocycles. The summed E-state index contributed by atoms with van der Waals surface area (Å²) in [5, 5.41) is 0. The number of Topliss-reactive ketones (excluding diaryl/α,β-unsaturated/α-hetero) is 4. The fourth-order valence-electron chi connectivity index (χ4n) is 2.91. The van der Waals surface area contributed by atoms with E-state index in [1.54, 1.807) is 0 Å². The second-order valence-electron chi connectivity index (χ2n) is 7.24. The van der Waals surface area contributed by atoms with E-state index in [4.69, 9.17) is 42.5 Å². The van der Waals surface area contributed by atoms with Gasteiger partial charge in [0.15, 0.2) is 11.6 Å². The fraction of sp³-hybridized carbons (Fsp3) is 0.667. The van der Waals surface area contributed by atoms with Crippen LogP contribution < -0.4 is 0 Å². The van der Waals surface area contributed by atoms with Crippen LogP contribution in [-0.2, 0) is 104 Å². The van der Waals surface area contributed by atoms with Gasteiger partial charge in [-0.2, -0.15) is 0 Å². The Morgan fingerprint density at radius 3 is 1.51 bits per heavy atom. The maximum Gasteiger partial charge on any atom is 0.182 e. The molecule has 0 aliphatic carbocycles. The van der Waals surface area contributed by atoms with Crippen LogP contribution in [0.1, 0.15) is 59.3 Å². The monoisotopic (exact) mass is 668 g/mol. The van der Waals surface area contributed by atoms with E-state index < -0.39 is 11.6 Å². The van der Waals surface area contributed by atoms with Gasteiger partial charge in [-0.15, -0.1) is 12.8 Å². The van der Waals surface area contributed by atoms with Crippen LogP contribution in [0.25, 0.3) is 0 Å². The normalized spacial score (nSPS) is 12.8. The van der Waals surface area contributed by atoms with Crippen molar-refractivity contribution in [1.82, 2.24) is 0 Å². The Hall–Kier alpha value is 0.923. The standard InChI is InChI=1S/C10H15B2O4.C10H15O4.C2H5B.2CH3.2Y/c1-3-9(14)5-10(15-6-11,16-7-12)4-8(2)13;1-3-9(12)7-10(6-8(2)11)13-4-5-14-10;1-2-3;;;;/h1,3-7H2,2H3;1,3-7H2,2H3;2H2,1H3;2*1H3;;/q2*-1;;2*-1;;. The Morgan fingerprint density at radius 1 is 0.811 bits per heavy atom. The number of carbonyl (C=O) groups excluding carboxylic acids is 4. The van der Waals surface area contributed by atoms with Crippen molar-refractivity contribution in [3.05, 3.63) is 28.7 Å². The maximum absolute atomic E-state index is 11.3. The van der Waals surface area contributed by atoms with Gasteiger partial charge in [0.1, 0.15) is 38.8 Å². The summed E-state index contributed by atoms with van der Waals surface area (Å²) in [4.78, 5) is 44.7. The van der Waals surface area contributed by atoms with E-state index in [9.17, 15) is 19.2 Å². The van der Waals surface area contributed by atoms with E-state index in [1.165, 1.54) is 13.8 Å². The zero-order valence-corrected chi connectivity index (χ0v) is 29.0. The third kappa shape index (κ3) is 25.6. The van der Waals surface area contributed by atoms with Gasteiger partial charge in [0.2, 0.25) is 0 Å². The minimum absolute atomic E-state index is 0. The van der Waals surface area contributed by atoms with E-state index in [1.807, 2.05) is 6.92 Å². The van der Waals surface area contributed by atoms with E-state index in [2.05, 4.69) is 13.8 Å².